The van der Waals surface area contributed by atoms with Crippen molar-refractivity contribution in [1.29, 1.82) is 0 Å². The van der Waals surface area contributed by atoms with E-state index in [4.69, 9.17) is 64.2 Å². The van der Waals surface area contributed by atoms with Crippen molar-refractivity contribution in [2.75, 3.05) is 98.2 Å². The lowest BCUT2D eigenvalue weighted by atomic mass is 9.02. The number of nitrogens with zero attached hydrogens (tertiary/aromatic N) is 2. The molecule has 49 atom stereocenters. The van der Waals surface area contributed by atoms with Gasteiger partial charge in [-0.2, -0.15) is 0 Å². The third-order valence-corrected chi connectivity index (χ3v) is 86.1. The first-order valence-corrected chi connectivity index (χ1v) is 71.7. The Morgan fingerprint density at radius 2 is 0.573 bits per heavy atom. The van der Waals surface area contributed by atoms with Crippen LogP contribution in [0.15, 0.2) is 0 Å². The average Bonchev–Trinajstić information content (AvgIpc) is 0.549. The summed E-state index contributed by atoms with van der Waals surface area (Å²) < 4.78 is 134. The van der Waals surface area contributed by atoms with Gasteiger partial charge in [0.1, 0.15) is 0 Å². The fraction of sp³-hybridized carbons (Fsp3) is 1.00. The molecule has 0 aromatic carbocycles. The maximum absolute atomic E-state index is 16.3. The molecule has 0 aromatic rings. The summed E-state index contributed by atoms with van der Waals surface area (Å²) in [6, 6.07) is 1.51. The molecule has 28 fully saturated rings. The van der Waals surface area contributed by atoms with Gasteiger partial charge in [0.25, 0.3) is 0 Å². The first-order valence-electron chi connectivity index (χ1n) is 55.8. The molecular weight excluding hydrogens is 1800 g/mol. The van der Waals surface area contributed by atoms with Crippen LogP contribution < -0.4 is 0 Å². The van der Waals surface area contributed by atoms with Gasteiger partial charge < -0.3 is 95.8 Å². The zero-order valence-corrected chi connectivity index (χ0v) is 92.0. The van der Waals surface area contributed by atoms with E-state index in [-0.39, 0.29) is 10.1 Å². The molecule has 22 aliphatic carbocycles. The van der Waals surface area contributed by atoms with Gasteiger partial charge in [-0.15, -0.1) is 0 Å². The molecule has 6 aliphatic heterocycles. The quantitative estimate of drug-likeness (QED) is 0.0293. The van der Waals surface area contributed by atoms with Crippen LogP contribution in [0, 0.1) is 219 Å². The first kappa shape index (κ1) is 90.8. The van der Waals surface area contributed by atoms with Crippen LogP contribution in [-0.2, 0) is 72.4 Å². The molecule has 0 aromatic heterocycles. The summed E-state index contributed by atoms with van der Waals surface area (Å²) in [5.74, 6) is 19.2. The third kappa shape index (κ3) is 9.97. The highest BCUT2D eigenvalue weighted by Crippen LogP contribution is 3.16. The number of hydrogen-bond donors (Lipinski definition) is 3. The maximum Gasteiger partial charge on any atom is 0.664 e. The topological polar surface area (TPSA) is 218 Å². The fourth-order valence-electron chi connectivity index (χ4n) is 45.4. The highest BCUT2D eigenvalue weighted by atomic mass is 28.6. The Morgan fingerprint density at radius 3 is 0.855 bits per heavy atom. The highest BCUT2D eigenvalue weighted by Gasteiger charge is 3.18. The molecule has 28 rings (SSSR count). The second-order valence-electron chi connectivity index (χ2n) is 52.2. The van der Waals surface area contributed by atoms with E-state index in [1.165, 1.54) is 218 Å². The van der Waals surface area contributed by atoms with Crippen LogP contribution in [0.4, 0.5) is 0 Å². The Labute approximate surface area is 795 Å². The second kappa shape index (κ2) is 30.2. The van der Waals surface area contributed by atoms with Gasteiger partial charge in [-0.1, -0.05) is 181 Å². The number of hydrogen-bond acceptors (Lipinski definition) is 20. The maximum atomic E-state index is 16.3. The number of quaternary nitrogens is 2. The Balaban J connectivity index is 0.492. The predicted octanol–water partition coefficient (Wildman–Crippen LogP) is 17.6. The van der Waals surface area contributed by atoms with E-state index >= 15 is 4.80 Å². The van der Waals surface area contributed by atoms with Gasteiger partial charge in [0.15, 0.2) is 0 Å². The van der Waals surface area contributed by atoms with E-state index in [0.717, 1.165) is 33.9 Å². The van der Waals surface area contributed by atoms with Crippen molar-refractivity contribution in [2.24, 2.45) is 219 Å². The third-order valence-electron chi connectivity index (χ3n) is 50.0. The molecular formula is C100H170N2O20Si9+2. The van der Waals surface area contributed by atoms with E-state index in [1.807, 2.05) is 14.2 Å². The van der Waals surface area contributed by atoms with Gasteiger partial charge in [-0.25, -0.2) is 0 Å². The standard InChI is InChI=1S/C100H170N2O20Si9/c1-17-19-21-23-25-27-29-31-33-35-37-39-41-43-47-57(3)101(5,6)53-45-55-123(103,106-9)114-130(110-13,111-14)121-126(108-11)97-81-61-51-49-59(61)63(81)83(97)69-65-71-85-72-67-74-87(72)96(85,86(71)73(65)88(69)97)125(105,116-126)117-128-99-90(74)77(67)91(99)78-68-79(92(78)99)95-80(68)94-76-66-70-84-64-60-50-52-62(60)82(64)98(84)89(70)75(66)93(76)100(94,95)129(119-128,120-128)118-127(98,109-12)122-131(112-15,113-16)115-124(104,107-10)56-46-54-102(7,8)58(4)48-44-42-40-38-36-34-32-30-28-26-24-22-20-18-2/h57-95,103-105H,17-56H2,1-16H3/q+2. The summed E-state index contributed by atoms with van der Waals surface area (Å²) >= 11 is 0. The molecule has 7 spiro atoms. The van der Waals surface area contributed by atoms with Crippen molar-refractivity contribution in [1.82, 2.24) is 0 Å². The second-order valence-corrected chi connectivity index (χ2v) is 78.6. The van der Waals surface area contributed by atoms with Gasteiger partial charge >= 0.3 is 79.7 Å². The molecule has 31 heteroatoms. The van der Waals surface area contributed by atoms with Crippen LogP contribution in [0.3, 0.4) is 0 Å². The van der Waals surface area contributed by atoms with Gasteiger partial charge in [-0.3, -0.25) is 0 Å². The molecule has 22 nitrogen and oxygen atoms in total. The minimum Gasteiger partial charge on any atom is -0.390 e. The van der Waals surface area contributed by atoms with Gasteiger partial charge in [-0.05, 0) is 284 Å². The van der Waals surface area contributed by atoms with E-state index in [0.29, 0.717) is 244 Å². The van der Waals surface area contributed by atoms with Gasteiger partial charge in [0.05, 0.1) is 53.4 Å². The van der Waals surface area contributed by atoms with Crippen molar-refractivity contribution >= 4 is 79.7 Å². The molecule has 131 heavy (non-hydrogen) atoms. The van der Waals surface area contributed by atoms with E-state index in [2.05, 4.69) is 55.9 Å². The van der Waals surface area contributed by atoms with Crippen molar-refractivity contribution in [3.8, 4) is 0 Å². The van der Waals surface area contributed by atoms with E-state index < -0.39 is 94.8 Å². The predicted molar refractivity (Wildman–Crippen MR) is 507 cm³/mol. The number of rotatable bonds is 56. The van der Waals surface area contributed by atoms with Crippen molar-refractivity contribution in [3.63, 3.8) is 0 Å². The molecule has 49 unspecified atom stereocenters. The summed E-state index contributed by atoms with van der Waals surface area (Å²) in [6.45, 7) is 11.1. The largest absolute Gasteiger partial charge is 0.664 e. The first-order chi connectivity index (χ1) is 63.3. The highest BCUT2D eigenvalue weighted by molar-refractivity contribution is 6.99. The van der Waals surface area contributed by atoms with Crippen LogP contribution in [0.5, 0.6) is 0 Å². The molecule has 0 amide bonds. The van der Waals surface area contributed by atoms with Crippen LogP contribution in [0.25, 0.3) is 0 Å². The van der Waals surface area contributed by atoms with Gasteiger partial charge in [0, 0.05) is 107 Å². The molecule has 22 saturated carbocycles. The average molecular weight is 1970 g/mol. The van der Waals surface area contributed by atoms with Crippen LogP contribution in [0.2, 0.25) is 37.3 Å². The van der Waals surface area contributed by atoms with Crippen LogP contribution in [-0.4, -0.2) is 213 Å². The number of unbranched alkanes of at least 4 members (excludes halogenated alkanes) is 26. The lowest BCUT2D eigenvalue weighted by molar-refractivity contribution is -0.913. The van der Waals surface area contributed by atoms with Gasteiger partial charge in [0.2, 0.25) is 0 Å². The minimum atomic E-state index is -4.84. The summed E-state index contributed by atoms with van der Waals surface area (Å²) in [7, 11) is -16.7. The summed E-state index contributed by atoms with van der Waals surface area (Å²) in [5.41, 5.74) is 0. The number of fused-ring (bicyclic) bond motifs is 26. The Morgan fingerprint density at radius 1 is 0.305 bits per heavy atom. The lowest BCUT2D eigenvalue weighted by Gasteiger charge is -3.09. The molecule has 6 saturated heterocycles. The summed E-state index contributed by atoms with van der Waals surface area (Å²) in [4.78, 5) is 43.0. The van der Waals surface area contributed by atoms with Crippen molar-refractivity contribution < 1.29 is 95.8 Å². The van der Waals surface area contributed by atoms with E-state index in [9.17, 15) is 17.8 Å². The monoisotopic (exact) mass is 1970 g/mol. The smallest absolute Gasteiger partial charge is 0.390 e. The molecule has 6 heterocycles. The van der Waals surface area contributed by atoms with Crippen LogP contribution >= 0.6 is 0 Å². The van der Waals surface area contributed by atoms with Crippen LogP contribution in [0.1, 0.15) is 259 Å². The molecule has 734 valence electrons. The van der Waals surface area contributed by atoms with Crippen molar-refractivity contribution in [2.45, 2.75) is 308 Å². The lowest BCUT2D eigenvalue weighted by Crippen LogP contribution is -3.12. The minimum absolute atomic E-state index is 0.297. The zero-order valence-electron chi connectivity index (χ0n) is 83.0. The molecule has 28 aliphatic rings. The summed E-state index contributed by atoms with van der Waals surface area (Å²) in [5, 5.41) is -2.20. The summed E-state index contributed by atoms with van der Waals surface area (Å²) in [6.07, 6.45) is 46.8. The Hall–Kier alpha value is 1.07. The molecule has 2 bridgehead atoms. The normalized spacial score (nSPS) is 55.4. The molecule has 3 N–H and O–H groups in total. The molecule has 0 radical (unpaired) electrons. The Bertz CT molecular complexity index is 4450. The fourth-order valence-corrected chi connectivity index (χ4v) is 91.8. The Kier molecular flexibility index (Phi) is 20.9. The van der Waals surface area contributed by atoms with Crippen molar-refractivity contribution in [3.05, 3.63) is 0 Å². The SMILES string of the molecule is CCCCCCCCCCCCCCCCC(C)[N+](C)(C)CCC[Si](O)(OC)O[Si](OC)(OC)O[Si]1(OC)O[Si]2(O)O[Si]34O[Si]5(O[Si](OC)(O[Si](OC)(OC)O[Si](O)(CCC[N+](C)(C)C(C)CCCCCCCCCCCCCCCC)OC)C67C8C9CCC9C8C6C6C8C(C67)C6C8C7C8C9C%10C%11C%12C%13C%14C%15C%16C%17C(C%16C%152C%14C%13C%12C%113C%10C9C8C675)C2C%17C3C5C6CCC6C5C231)O4. The zero-order chi connectivity index (χ0) is 89.8. The van der Waals surface area contributed by atoms with E-state index in [1.54, 1.807) is 42.7 Å².